The number of benzene rings is 2. The fourth-order valence-corrected chi connectivity index (χ4v) is 2.48. The molecule has 0 aliphatic heterocycles. The van der Waals surface area contributed by atoms with Crippen LogP contribution in [0.4, 0.5) is 5.69 Å². The molecule has 0 fully saturated rings. The van der Waals surface area contributed by atoms with Gasteiger partial charge >= 0.3 is 0 Å². The molecule has 0 aliphatic carbocycles. The Morgan fingerprint density at radius 2 is 1.58 bits per heavy atom. The molecule has 5 nitrogen and oxygen atoms in total. The van der Waals surface area contributed by atoms with Gasteiger partial charge in [0.1, 0.15) is 0 Å². The lowest BCUT2D eigenvalue weighted by molar-refractivity contribution is 0.322. The summed E-state index contributed by atoms with van der Waals surface area (Å²) in [5.41, 5.74) is 3.06. The van der Waals surface area contributed by atoms with Crippen LogP contribution in [0.15, 0.2) is 36.4 Å². The Bertz CT molecular complexity index is 702. The molecule has 2 rings (SSSR count). The van der Waals surface area contributed by atoms with Gasteiger partial charge in [-0.05, 0) is 43.4 Å². The molecule has 0 spiro atoms. The van der Waals surface area contributed by atoms with Gasteiger partial charge in [0.15, 0.2) is 16.6 Å². The Morgan fingerprint density at radius 3 is 2.17 bits per heavy atom. The molecule has 2 N–H and O–H groups in total. The van der Waals surface area contributed by atoms with Gasteiger partial charge in [-0.1, -0.05) is 17.7 Å². The average molecular weight is 346 g/mol. The second kappa shape index (κ2) is 8.40. The number of thiocarbonyl (C=S) groups is 1. The van der Waals surface area contributed by atoms with E-state index in [0.29, 0.717) is 28.9 Å². The van der Waals surface area contributed by atoms with Gasteiger partial charge in [-0.25, -0.2) is 0 Å². The summed E-state index contributed by atoms with van der Waals surface area (Å²) < 4.78 is 16.1. The predicted octanol–water partition coefficient (Wildman–Crippen LogP) is 3.51. The summed E-state index contributed by atoms with van der Waals surface area (Å²) in [5.74, 6) is 1.82. The number of methoxy groups -OCH3 is 3. The summed E-state index contributed by atoms with van der Waals surface area (Å²) in [6.07, 6.45) is 0. The van der Waals surface area contributed by atoms with Crippen LogP contribution in [0.5, 0.6) is 17.2 Å². The summed E-state index contributed by atoms with van der Waals surface area (Å²) in [4.78, 5) is 0. The molecular weight excluding hydrogens is 324 g/mol. The highest BCUT2D eigenvalue weighted by molar-refractivity contribution is 7.80. The van der Waals surface area contributed by atoms with Crippen LogP contribution in [0.25, 0.3) is 0 Å². The molecule has 0 bridgehead atoms. The third kappa shape index (κ3) is 4.29. The van der Waals surface area contributed by atoms with E-state index < -0.39 is 0 Å². The minimum atomic E-state index is 0.501. The van der Waals surface area contributed by atoms with Gasteiger partial charge in [-0.3, -0.25) is 0 Å². The zero-order chi connectivity index (χ0) is 17.5. The molecule has 6 heteroatoms. The van der Waals surface area contributed by atoms with Gasteiger partial charge in [-0.2, -0.15) is 0 Å². The molecule has 24 heavy (non-hydrogen) atoms. The molecule has 0 saturated heterocycles. The third-order valence-electron chi connectivity index (χ3n) is 3.53. The van der Waals surface area contributed by atoms with Crippen molar-refractivity contribution in [3.63, 3.8) is 0 Å². The molecule has 0 unspecified atom stereocenters. The van der Waals surface area contributed by atoms with Gasteiger partial charge in [0.25, 0.3) is 0 Å². The van der Waals surface area contributed by atoms with E-state index in [-0.39, 0.29) is 0 Å². The van der Waals surface area contributed by atoms with E-state index in [1.54, 1.807) is 21.3 Å². The van der Waals surface area contributed by atoms with E-state index in [9.17, 15) is 0 Å². The number of hydrogen-bond acceptors (Lipinski definition) is 4. The fraction of sp³-hybridized carbons (Fsp3) is 0.278. The SMILES string of the molecule is COc1ccc(CNC(=S)Nc2ccc(C)cc2)c(OC)c1OC. The van der Waals surface area contributed by atoms with Crippen molar-refractivity contribution in [2.45, 2.75) is 13.5 Å². The highest BCUT2D eigenvalue weighted by atomic mass is 32.1. The molecule has 2 aromatic rings. The molecule has 128 valence electrons. The smallest absolute Gasteiger partial charge is 0.203 e. The lowest BCUT2D eigenvalue weighted by Crippen LogP contribution is -2.28. The normalized spacial score (nSPS) is 10.0. The number of nitrogens with one attached hydrogen (secondary N) is 2. The highest BCUT2D eigenvalue weighted by Gasteiger charge is 2.15. The first-order chi connectivity index (χ1) is 11.6. The maximum Gasteiger partial charge on any atom is 0.203 e. The largest absolute Gasteiger partial charge is 0.493 e. The Balaban J connectivity index is 2.05. The quantitative estimate of drug-likeness (QED) is 0.781. The summed E-state index contributed by atoms with van der Waals surface area (Å²) in [6, 6.07) is 11.8. The second-order valence-electron chi connectivity index (χ2n) is 5.17. The lowest BCUT2D eigenvalue weighted by atomic mass is 10.1. The maximum absolute atomic E-state index is 5.46. The maximum atomic E-state index is 5.46. The van der Waals surface area contributed by atoms with Gasteiger partial charge < -0.3 is 24.8 Å². The van der Waals surface area contributed by atoms with Crippen molar-refractivity contribution in [3.05, 3.63) is 47.5 Å². The first-order valence-corrected chi connectivity index (χ1v) is 7.89. The van der Waals surface area contributed by atoms with E-state index in [2.05, 4.69) is 10.6 Å². The third-order valence-corrected chi connectivity index (χ3v) is 3.78. The van der Waals surface area contributed by atoms with Crippen LogP contribution in [0.3, 0.4) is 0 Å². The Hall–Kier alpha value is -2.47. The molecule has 0 atom stereocenters. The number of rotatable bonds is 6. The van der Waals surface area contributed by atoms with Gasteiger partial charge in [-0.15, -0.1) is 0 Å². The van der Waals surface area contributed by atoms with Gasteiger partial charge in [0, 0.05) is 17.8 Å². The monoisotopic (exact) mass is 346 g/mol. The zero-order valence-electron chi connectivity index (χ0n) is 14.3. The van der Waals surface area contributed by atoms with Crippen LogP contribution >= 0.6 is 12.2 Å². The van der Waals surface area contributed by atoms with Crippen molar-refractivity contribution in [1.29, 1.82) is 0 Å². The second-order valence-corrected chi connectivity index (χ2v) is 5.58. The van der Waals surface area contributed by atoms with Crippen LogP contribution < -0.4 is 24.8 Å². The van der Waals surface area contributed by atoms with Crippen LogP contribution in [0.2, 0.25) is 0 Å². The van der Waals surface area contributed by atoms with E-state index >= 15 is 0 Å². The molecule has 2 aromatic carbocycles. The number of anilines is 1. The summed E-state index contributed by atoms with van der Waals surface area (Å²) >= 11 is 5.34. The Labute approximate surface area is 147 Å². The molecule has 0 heterocycles. The van der Waals surface area contributed by atoms with Crippen molar-refractivity contribution in [3.8, 4) is 17.2 Å². The molecule has 0 aromatic heterocycles. The molecule has 0 amide bonds. The number of ether oxygens (including phenoxy) is 3. The topological polar surface area (TPSA) is 51.8 Å². The molecule has 0 saturated carbocycles. The van der Waals surface area contributed by atoms with Gasteiger partial charge in [0.2, 0.25) is 5.75 Å². The van der Waals surface area contributed by atoms with Crippen LogP contribution in [-0.4, -0.2) is 26.4 Å². The minimum absolute atomic E-state index is 0.501. The van der Waals surface area contributed by atoms with E-state index in [1.165, 1.54) is 5.56 Å². The first kappa shape index (κ1) is 17.9. The van der Waals surface area contributed by atoms with E-state index in [4.69, 9.17) is 26.4 Å². The van der Waals surface area contributed by atoms with Crippen LogP contribution in [0.1, 0.15) is 11.1 Å². The summed E-state index contributed by atoms with van der Waals surface area (Å²) in [7, 11) is 4.78. The van der Waals surface area contributed by atoms with Crippen molar-refractivity contribution >= 4 is 23.0 Å². The standard InChI is InChI=1S/C18H22N2O3S/c1-12-5-8-14(9-6-12)20-18(24)19-11-13-7-10-15(21-2)17(23-4)16(13)22-3/h5-10H,11H2,1-4H3,(H2,19,20,24). The molecule has 0 radical (unpaired) electrons. The van der Waals surface area contributed by atoms with Crippen molar-refractivity contribution in [1.82, 2.24) is 5.32 Å². The summed E-state index contributed by atoms with van der Waals surface area (Å²) in [6.45, 7) is 2.55. The van der Waals surface area contributed by atoms with Crippen LogP contribution in [-0.2, 0) is 6.54 Å². The highest BCUT2D eigenvalue weighted by Crippen LogP contribution is 2.39. The van der Waals surface area contributed by atoms with Crippen molar-refractivity contribution < 1.29 is 14.2 Å². The van der Waals surface area contributed by atoms with Crippen molar-refractivity contribution in [2.24, 2.45) is 0 Å². The molecule has 0 aliphatic rings. The number of aryl methyl sites for hydroxylation is 1. The fourth-order valence-electron chi connectivity index (χ4n) is 2.29. The predicted molar refractivity (Wildman–Crippen MR) is 100 cm³/mol. The first-order valence-electron chi connectivity index (χ1n) is 7.48. The average Bonchev–Trinajstić information content (AvgIpc) is 2.60. The Kier molecular flexibility index (Phi) is 6.26. The lowest BCUT2D eigenvalue weighted by Gasteiger charge is -2.17. The van der Waals surface area contributed by atoms with E-state index in [1.807, 2.05) is 43.3 Å². The van der Waals surface area contributed by atoms with Crippen LogP contribution in [0, 0.1) is 6.92 Å². The van der Waals surface area contributed by atoms with E-state index in [0.717, 1.165) is 11.3 Å². The molecular formula is C18H22N2O3S. The van der Waals surface area contributed by atoms with Gasteiger partial charge in [0.05, 0.1) is 21.3 Å². The summed E-state index contributed by atoms with van der Waals surface area (Å²) in [5, 5.41) is 6.86. The number of hydrogen-bond donors (Lipinski definition) is 2. The Morgan fingerprint density at radius 1 is 0.917 bits per heavy atom. The zero-order valence-corrected chi connectivity index (χ0v) is 15.1. The van der Waals surface area contributed by atoms with Crippen molar-refractivity contribution in [2.75, 3.05) is 26.6 Å². The minimum Gasteiger partial charge on any atom is -0.493 e.